The van der Waals surface area contributed by atoms with Gasteiger partial charge in [-0.2, -0.15) is 0 Å². The molecule has 0 amide bonds. The van der Waals surface area contributed by atoms with Crippen LogP contribution in [0.4, 0.5) is 0 Å². The lowest BCUT2D eigenvalue weighted by atomic mass is 10.8. The second-order valence-electron chi connectivity index (χ2n) is 0.956. The van der Waals surface area contributed by atoms with Crippen molar-refractivity contribution in [3.63, 3.8) is 0 Å². The van der Waals surface area contributed by atoms with Gasteiger partial charge in [-0.1, -0.05) is 23.2 Å². The van der Waals surface area contributed by atoms with Crippen LogP contribution in [-0.2, 0) is 9.53 Å². The lowest BCUT2D eigenvalue weighted by Crippen LogP contribution is -2.18. The van der Waals surface area contributed by atoms with Gasteiger partial charge >= 0.3 is 6.47 Å². The first kappa shape index (κ1) is 8.34. The maximum atomic E-state index is 9.40. The fourth-order valence-electron chi connectivity index (χ4n) is 0.0882. The number of rotatable bonds is 3. The molecule has 0 aromatic rings. The van der Waals surface area contributed by atoms with E-state index in [-0.39, 0.29) is 5.88 Å². The summed E-state index contributed by atoms with van der Waals surface area (Å²) in [6.07, 6.45) is 0. The average molecular weight is 176 g/mol. The third kappa shape index (κ3) is 3.36. The van der Waals surface area contributed by atoms with E-state index in [4.69, 9.17) is 34.8 Å². The molecule has 5 heteroatoms. The molecular weight excluding hydrogens is 174 g/mol. The molecule has 0 bridgehead atoms. The Kier molecular flexibility index (Phi) is 3.53. The maximum Gasteiger partial charge on any atom is 0.420 e. The van der Waals surface area contributed by atoms with E-state index in [9.17, 15) is 4.79 Å². The summed E-state index contributed by atoms with van der Waals surface area (Å²) in [5.41, 5.74) is 0. The van der Waals surface area contributed by atoms with E-state index in [1.807, 2.05) is 0 Å². The molecule has 0 saturated carbocycles. The Morgan fingerprint density at radius 2 is 2.12 bits per heavy atom. The topological polar surface area (TPSA) is 26.3 Å². The summed E-state index contributed by atoms with van der Waals surface area (Å²) < 4.78 is 2.35. The Hall–Kier alpha value is 0.340. The smallest absolute Gasteiger partial charge is 0.419 e. The lowest BCUT2D eigenvalue weighted by molar-refractivity contribution is 0.232. The molecule has 0 unspecified atom stereocenters. The zero-order valence-corrected chi connectivity index (χ0v) is 5.93. The standard InChI is InChI=1S/C3H2Cl3O2/c4-1-3(5,6)8-2-7/h1H2. The number of carbonyl (C=O) groups excluding carboxylic acids is 1. The number of alkyl halides is 3. The molecule has 0 rings (SSSR count). The molecule has 0 aliphatic carbocycles. The van der Waals surface area contributed by atoms with Crippen molar-refractivity contribution < 1.29 is 9.53 Å². The molecule has 0 N–H and O–H groups in total. The van der Waals surface area contributed by atoms with Gasteiger partial charge in [0.25, 0.3) is 4.52 Å². The van der Waals surface area contributed by atoms with Crippen LogP contribution in [0.3, 0.4) is 0 Å². The van der Waals surface area contributed by atoms with Crippen molar-refractivity contribution in [3.8, 4) is 0 Å². The Morgan fingerprint density at radius 3 is 2.25 bits per heavy atom. The Balaban J connectivity index is 3.53. The summed E-state index contributed by atoms with van der Waals surface area (Å²) in [6.45, 7) is 1.06. The van der Waals surface area contributed by atoms with Crippen molar-refractivity contribution in [2.75, 3.05) is 5.88 Å². The fourth-order valence-corrected chi connectivity index (χ4v) is 0.206. The van der Waals surface area contributed by atoms with Crippen LogP contribution < -0.4 is 0 Å². The molecule has 0 atom stereocenters. The minimum absolute atomic E-state index is 0.175. The van der Waals surface area contributed by atoms with Crippen molar-refractivity contribution in [1.82, 2.24) is 0 Å². The molecule has 0 saturated heterocycles. The highest BCUT2D eigenvalue weighted by Crippen LogP contribution is 2.22. The monoisotopic (exact) mass is 175 g/mol. The van der Waals surface area contributed by atoms with E-state index in [1.165, 1.54) is 0 Å². The highest BCUT2D eigenvalue weighted by atomic mass is 35.5. The van der Waals surface area contributed by atoms with E-state index in [0.717, 1.165) is 6.47 Å². The first-order valence-corrected chi connectivity index (χ1v) is 2.90. The van der Waals surface area contributed by atoms with E-state index < -0.39 is 4.52 Å². The zero-order chi connectivity index (χ0) is 6.62. The summed E-state index contributed by atoms with van der Waals surface area (Å²) in [5.74, 6) is -0.175. The van der Waals surface area contributed by atoms with Gasteiger partial charge in [0.2, 0.25) is 0 Å². The van der Waals surface area contributed by atoms with Gasteiger partial charge in [0.1, 0.15) is 0 Å². The van der Waals surface area contributed by atoms with Crippen LogP contribution in [0.15, 0.2) is 0 Å². The second kappa shape index (κ2) is 3.38. The van der Waals surface area contributed by atoms with Gasteiger partial charge in [-0.15, -0.1) is 11.6 Å². The van der Waals surface area contributed by atoms with Crippen LogP contribution in [0, 0.1) is 0 Å². The fraction of sp³-hybridized carbons (Fsp3) is 0.667. The van der Waals surface area contributed by atoms with Gasteiger partial charge in [-0.05, 0) is 0 Å². The molecule has 0 spiro atoms. The highest BCUT2D eigenvalue weighted by Gasteiger charge is 2.23. The molecule has 2 nitrogen and oxygen atoms in total. The number of halogens is 3. The minimum Gasteiger partial charge on any atom is -0.419 e. The quantitative estimate of drug-likeness (QED) is 0.608. The molecule has 0 aromatic heterocycles. The molecule has 0 aliphatic heterocycles. The van der Waals surface area contributed by atoms with Gasteiger partial charge in [-0.25, -0.2) is 4.79 Å². The molecular formula is C3H2Cl3O2. The number of hydrogen-bond acceptors (Lipinski definition) is 2. The summed E-state index contributed by atoms with van der Waals surface area (Å²) in [4.78, 5) is 9.40. The first-order chi connectivity index (χ1) is 3.62. The van der Waals surface area contributed by atoms with Crippen molar-refractivity contribution in [1.29, 1.82) is 0 Å². The van der Waals surface area contributed by atoms with Gasteiger partial charge in [0.15, 0.2) is 0 Å². The summed E-state index contributed by atoms with van der Waals surface area (Å²) >= 11 is 15.4. The van der Waals surface area contributed by atoms with Crippen molar-refractivity contribution in [2.45, 2.75) is 4.52 Å². The zero-order valence-electron chi connectivity index (χ0n) is 3.66. The van der Waals surface area contributed by atoms with Gasteiger partial charge in [0, 0.05) is 0 Å². The molecule has 0 heterocycles. The number of hydrogen-bond donors (Lipinski definition) is 0. The summed E-state index contributed by atoms with van der Waals surface area (Å²) in [5, 5.41) is 0. The summed E-state index contributed by atoms with van der Waals surface area (Å²) in [6, 6.07) is 0. The molecule has 0 aliphatic rings. The van der Waals surface area contributed by atoms with E-state index in [2.05, 4.69) is 4.74 Å². The van der Waals surface area contributed by atoms with Crippen molar-refractivity contribution >= 4 is 41.3 Å². The molecule has 0 fully saturated rings. The van der Waals surface area contributed by atoms with Crippen LogP contribution in [0.5, 0.6) is 0 Å². The largest absolute Gasteiger partial charge is 0.420 e. The van der Waals surface area contributed by atoms with E-state index in [0.29, 0.717) is 0 Å². The highest BCUT2D eigenvalue weighted by molar-refractivity contribution is 6.50. The van der Waals surface area contributed by atoms with Gasteiger partial charge in [-0.3, -0.25) is 0 Å². The second-order valence-corrected chi connectivity index (χ2v) is 2.64. The minimum atomic E-state index is -1.62. The van der Waals surface area contributed by atoms with E-state index >= 15 is 0 Å². The first-order valence-electron chi connectivity index (χ1n) is 1.61. The Bertz CT molecular complexity index is 82.6. The normalized spacial score (nSPS) is 10.9. The van der Waals surface area contributed by atoms with E-state index in [1.54, 1.807) is 0 Å². The van der Waals surface area contributed by atoms with Crippen molar-refractivity contribution in [3.05, 3.63) is 0 Å². The van der Waals surface area contributed by atoms with Crippen LogP contribution in [0.1, 0.15) is 0 Å². The molecule has 8 heavy (non-hydrogen) atoms. The van der Waals surface area contributed by atoms with Gasteiger partial charge in [0.05, 0.1) is 5.88 Å². The van der Waals surface area contributed by atoms with Crippen molar-refractivity contribution in [2.24, 2.45) is 0 Å². The van der Waals surface area contributed by atoms with Crippen LogP contribution >= 0.6 is 34.8 Å². The Labute approximate surface area is 61.7 Å². The maximum absolute atomic E-state index is 9.40. The van der Waals surface area contributed by atoms with Crippen LogP contribution in [0.2, 0.25) is 0 Å². The lowest BCUT2D eigenvalue weighted by Gasteiger charge is -2.10. The third-order valence-electron chi connectivity index (χ3n) is 0.347. The predicted octanol–water partition coefficient (Wildman–Crippen LogP) is 1.44. The SMILES string of the molecule is O=[C]OC(Cl)(Cl)CCl. The average Bonchev–Trinajstić information content (AvgIpc) is 1.67. The molecule has 47 valence electrons. The molecule has 0 aromatic carbocycles. The number of ether oxygens (including phenoxy) is 1. The van der Waals surface area contributed by atoms with Crippen LogP contribution in [-0.4, -0.2) is 16.9 Å². The summed E-state index contributed by atoms with van der Waals surface area (Å²) in [7, 11) is 0. The van der Waals surface area contributed by atoms with Gasteiger partial charge < -0.3 is 4.74 Å². The molecule has 1 radical (unpaired) electrons. The van der Waals surface area contributed by atoms with Crippen LogP contribution in [0.25, 0.3) is 0 Å². The third-order valence-corrected chi connectivity index (χ3v) is 1.42. The Morgan fingerprint density at radius 1 is 1.62 bits per heavy atom. The predicted molar refractivity (Wildman–Crippen MR) is 31.9 cm³/mol.